The van der Waals surface area contributed by atoms with Gasteiger partial charge in [-0.05, 0) is 72.4 Å². The molecule has 3 heterocycles. The molecule has 0 saturated carbocycles. The van der Waals surface area contributed by atoms with Crippen molar-refractivity contribution in [2.75, 3.05) is 17.2 Å². The van der Waals surface area contributed by atoms with Crippen LogP contribution in [0.4, 0.5) is 30.4 Å². The largest absolute Gasteiger partial charge is 0.416 e. The Morgan fingerprint density at radius 1 is 1.13 bits per heavy atom. The van der Waals surface area contributed by atoms with Crippen LogP contribution in [0.5, 0.6) is 0 Å². The van der Waals surface area contributed by atoms with E-state index in [0.29, 0.717) is 46.0 Å². The highest BCUT2D eigenvalue weighted by Crippen LogP contribution is 2.34. The van der Waals surface area contributed by atoms with Crippen LogP contribution in [0.25, 0.3) is 10.2 Å². The van der Waals surface area contributed by atoms with Crippen LogP contribution in [0.3, 0.4) is 0 Å². The molecule has 1 atom stereocenters. The number of ether oxygens (including phenoxy) is 1. The number of nitrogens with zero attached hydrogens (tertiary/aromatic N) is 2. The van der Waals surface area contributed by atoms with E-state index in [4.69, 9.17) is 16.3 Å². The molecule has 1 saturated heterocycles. The van der Waals surface area contributed by atoms with E-state index in [1.54, 1.807) is 24.3 Å². The molecule has 2 aromatic carbocycles. The third kappa shape index (κ3) is 6.13. The van der Waals surface area contributed by atoms with Crippen molar-refractivity contribution in [2.45, 2.75) is 31.7 Å². The van der Waals surface area contributed by atoms with Crippen molar-refractivity contribution < 1.29 is 27.5 Å². The minimum Gasteiger partial charge on any atom is -0.368 e. The maximum absolute atomic E-state index is 13.1. The number of carbonyl (C=O) groups excluding carboxylic acids is 2. The summed E-state index contributed by atoms with van der Waals surface area (Å²) in [5.74, 6) is -0.322. The third-order valence-electron chi connectivity index (χ3n) is 6.04. The van der Waals surface area contributed by atoms with Gasteiger partial charge in [0, 0.05) is 25.0 Å². The van der Waals surface area contributed by atoms with Crippen molar-refractivity contribution in [1.29, 1.82) is 0 Å². The molecule has 39 heavy (non-hydrogen) atoms. The van der Waals surface area contributed by atoms with Gasteiger partial charge in [-0.15, -0.1) is 0 Å². The Kier molecular flexibility index (Phi) is 7.69. The molecule has 13 heteroatoms. The SMILES string of the molecule is O=C(Nc1ccnc2c(Nc3ccc(C(F)(F)F)cc3)nsc12)c1cc(CNC(=O)C2CCCO2)ccc1Cl. The van der Waals surface area contributed by atoms with E-state index >= 15 is 0 Å². The van der Waals surface area contributed by atoms with Gasteiger partial charge in [-0.1, -0.05) is 17.7 Å². The number of alkyl halides is 3. The van der Waals surface area contributed by atoms with Crippen molar-refractivity contribution in [3.8, 4) is 0 Å². The number of hydrogen-bond acceptors (Lipinski definition) is 7. The van der Waals surface area contributed by atoms with Crippen molar-refractivity contribution in [1.82, 2.24) is 14.7 Å². The summed E-state index contributed by atoms with van der Waals surface area (Å²) in [6.45, 7) is 0.779. The fraction of sp³-hybridized carbons (Fsp3) is 0.231. The number of carbonyl (C=O) groups is 2. The van der Waals surface area contributed by atoms with Gasteiger partial charge >= 0.3 is 6.18 Å². The Hall–Kier alpha value is -3.74. The van der Waals surface area contributed by atoms with E-state index < -0.39 is 23.8 Å². The van der Waals surface area contributed by atoms with Crippen LogP contribution >= 0.6 is 23.1 Å². The second-order valence-electron chi connectivity index (χ2n) is 8.76. The molecule has 2 amide bonds. The normalized spacial score (nSPS) is 15.3. The minimum atomic E-state index is -4.43. The average molecular weight is 576 g/mol. The molecular weight excluding hydrogens is 555 g/mol. The zero-order valence-corrected chi connectivity index (χ0v) is 21.7. The molecule has 0 aliphatic carbocycles. The summed E-state index contributed by atoms with van der Waals surface area (Å²) in [4.78, 5) is 29.7. The van der Waals surface area contributed by atoms with Crippen molar-refractivity contribution >= 4 is 62.4 Å². The Labute approximate surface area is 229 Å². The van der Waals surface area contributed by atoms with Crippen LogP contribution < -0.4 is 16.0 Å². The van der Waals surface area contributed by atoms with Crippen LogP contribution in [0.15, 0.2) is 54.7 Å². The standard InChI is InChI=1S/C26H21ClF3N5O3S/c27-18-8-3-14(13-32-25(37)20-2-1-11-38-20)12-17(18)24(36)34-19-9-10-31-21-22(19)39-35-23(21)33-16-6-4-15(5-7-16)26(28,29)30/h3-10,12,20H,1-2,11,13H2,(H,32,37)(H,33,35)(H,31,34,36). The predicted octanol–water partition coefficient (Wildman–Crippen LogP) is 6.15. The second-order valence-corrected chi connectivity index (χ2v) is 9.94. The average Bonchev–Trinajstić information content (AvgIpc) is 3.59. The number of aromatic nitrogens is 2. The van der Waals surface area contributed by atoms with Crippen LogP contribution in [0.2, 0.25) is 5.02 Å². The summed E-state index contributed by atoms with van der Waals surface area (Å²) in [7, 11) is 0. The Balaban J connectivity index is 1.30. The number of hydrogen-bond donors (Lipinski definition) is 3. The number of nitrogens with one attached hydrogen (secondary N) is 3. The molecule has 5 rings (SSSR count). The van der Waals surface area contributed by atoms with Gasteiger partial charge in [-0.3, -0.25) is 14.6 Å². The van der Waals surface area contributed by atoms with Crippen LogP contribution in [0, 0.1) is 0 Å². The second kappa shape index (κ2) is 11.2. The molecule has 1 unspecified atom stereocenters. The Bertz CT molecular complexity index is 1520. The number of pyridine rings is 1. The quantitative estimate of drug-likeness (QED) is 0.244. The lowest BCUT2D eigenvalue weighted by atomic mass is 10.1. The van der Waals surface area contributed by atoms with Gasteiger partial charge in [0.2, 0.25) is 5.91 Å². The van der Waals surface area contributed by atoms with Crippen molar-refractivity contribution in [3.63, 3.8) is 0 Å². The molecule has 2 aromatic heterocycles. The maximum Gasteiger partial charge on any atom is 0.416 e. The number of fused-ring (bicyclic) bond motifs is 1. The fourth-order valence-electron chi connectivity index (χ4n) is 4.04. The third-order valence-corrected chi connectivity index (χ3v) is 7.24. The number of halogens is 4. The van der Waals surface area contributed by atoms with E-state index in [0.717, 1.165) is 30.1 Å². The smallest absolute Gasteiger partial charge is 0.368 e. The summed E-state index contributed by atoms with van der Waals surface area (Å²) < 4.78 is 48.8. The molecular formula is C26H21ClF3N5O3S. The van der Waals surface area contributed by atoms with Crippen LogP contribution in [0.1, 0.15) is 34.3 Å². The number of amides is 2. The lowest BCUT2D eigenvalue weighted by Crippen LogP contribution is -2.33. The van der Waals surface area contributed by atoms with E-state index in [1.165, 1.54) is 18.3 Å². The summed E-state index contributed by atoms with van der Waals surface area (Å²) in [6, 6.07) is 11.1. The molecule has 1 fully saturated rings. The topological polar surface area (TPSA) is 105 Å². The van der Waals surface area contributed by atoms with Gasteiger partial charge in [-0.2, -0.15) is 17.5 Å². The first-order chi connectivity index (χ1) is 18.7. The first-order valence-electron chi connectivity index (χ1n) is 11.9. The first-order valence-corrected chi connectivity index (χ1v) is 13.0. The van der Waals surface area contributed by atoms with Crippen LogP contribution in [-0.4, -0.2) is 33.9 Å². The number of benzene rings is 2. The highest BCUT2D eigenvalue weighted by molar-refractivity contribution is 7.14. The van der Waals surface area contributed by atoms with Gasteiger partial charge in [0.25, 0.3) is 5.91 Å². The zero-order chi connectivity index (χ0) is 27.6. The molecule has 8 nitrogen and oxygen atoms in total. The lowest BCUT2D eigenvalue weighted by molar-refractivity contribution is -0.137. The fourth-order valence-corrected chi connectivity index (χ4v) is 5.01. The summed E-state index contributed by atoms with van der Waals surface area (Å²) in [6.07, 6.45) is -1.87. The zero-order valence-electron chi connectivity index (χ0n) is 20.1. The van der Waals surface area contributed by atoms with Gasteiger partial charge in [-0.25, -0.2) is 0 Å². The van der Waals surface area contributed by atoms with E-state index in [1.807, 2.05) is 0 Å². The predicted molar refractivity (Wildman–Crippen MR) is 142 cm³/mol. The molecule has 1 aliphatic heterocycles. The van der Waals surface area contributed by atoms with Crippen LogP contribution in [-0.2, 0) is 22.3 Å². The first kappa shape index (κ1) is 26.9. The van der Waals surface area contributed by atoms with Gasteiger partial charge in [0.1, 0.15) is 11.6 Å². The van der Waals surface area contributed by atoms with Gasteiger partial charge < -0.3 is 20.7 Å². The number of anilines is 3. The molecule has 3 N–H and O–H groups in total. The molecule has 1 aliphatic rings. The summed E-state index contributed by atoms with van der Waals surface area (Å²) >= 11 is 7.38. The number of rotatable bonds is 7. The lowest BCUT2D eigenvalue weighted by Gasteiger charge is -2.12. The highest BCUT2D eigenvalue weighted by Gasteiger charge is 2.30. The molecule has 4 aromatic rings. The molecule has 0 spiro atoms. The minimum absolute atomic E-state index is 0.196. The maximum atomic E-state index is 13.1. The van der Waals surface area contributed by atoms with Gasteiger partial charge in [0.15, 0.2) is 5.82 Å². The summed E-state index contributed by atoms with van der Waals surface area (Å²) in [5, 5.41) is 8.85. The van der Waals surface area contributed by atoms with Gasteiger partial charge in [0.05, 0.1) is 26.5 Å². The summed E-state index contributed by atoms with van der Waals surface area (Å²) in [5.41, 5.74) is 1.44. The highest BCUT2D eigenvalue weighted by atomic mass is 35.5. The van der Waals surface area contributed by atoms with Crippen molar-refractivity contribution in [3.05, 3.63) is 76.4 Å². The molecule has 202 valence electrons. The van der Waals surface area contributed by atoms with E-state index in [9.17, 15) is 22.8 Å². The molecule has 0 radical (unpaired) electrons. The Morgan fingerprint density at radius 3 is 2.64 bits per heavy atom. The monoisotopic (exact) mass is 575 g/mol. The molecule has 0 bridgehead atoms. The Morgan fingerprint density at radius 2 is 1.92 bits per heavy atom. The van der Waals surface area contributed by atoms with E-state index in [2.05, 4.69) is 25.3 Å². The van der Waals surface area contributed by atoms with Crippen molar-refractivity contribution in [2.24, 2.45) is 0 Å². The van der Waals surface area contributed by atoms with E-state index in [-0.39, 0.29) is 23.0 Å².